The number of hydrogen-bond acceptors (Lipinski definition) is 23. The number of alkyl carbamates (subject to hydrolysis) is 1. The Hall–Kier alpha value is -9.23. The van der Waals surface area contributed by atoms with Gasteiger partial charge in [-0.05, 0) is 99.9 Å². The highest BCUT2D eigenvalue weighted by molar-refractivity contribution is 6.74. The molecule has 27 heteroatoms. The van der Waals surface area contributed by atoms with Crippen LogP contribution in [0.25, 0.3) is 21.6 Å². The number of aliphatic hydroxyl groups excluding tert-OH is 1. The van der Waals surface area contributed by atoms with Gasteiger partial charge in [-0.2, -0.15) is 0 Å². The number of ether oxygens (including phenoxy) is 16. The molecule has 2 N–H and O–H groups in total. The highest BCUT2D eigenvalue weighted by Gasteiger charge is 2.63. The van der Waals surface area contributed by atoms with Crippen LogP contribution in [0, 0.1) is 5.92 Å². The van der Waals surface area contributed by atoms with Crippen LogP contribution in [0.2, 0.25) is 18.1 Å². The number of benzene rings is 7. The van der Waals surface area contributed by atoms with Gasteiger partial charge in [-0.25, -0.2) is 14.4 Å². The number of aliphatic hydroxyl groups is 1. The predicted molar refractivity (Wildman–Crippen MR) is 432 cm³/mol. The monoisotopic (exact) mass is 1620 g/mol. The maximum atomic E-state index is 15.8. The number of rotatable bonds is 38. The molecule has 12 rings (SSSR count). The Balaban J connectivity index is 0.951. The molecule has 0 spiro atoms. The quantitative estimate of drug-likeness (QED) is 0.00691. The fourth-order valence-corrected chi connectivity index (χ4v) is 17.6. The molecular formula is C90H108N4O22Si. The summed E-state index contributed by atoms with van der Waals surface area (Å²) >= 11 is 0. The summed E-state index contributed by atoms with van der Waals surface area (Å²) in [6.07, 6.45) is -19.2. The van der Waals surface area contributed by atoms with E-state index in [2.05, 4.69) is 49.6 Å². The van der Waals surface area contributed by atoms with E-state index in [0.29, 0.717) is 17.5 Å². The number of amides is 1. The van der Waals surface area contributed by atoms with Gasteiger partial charge < -0.3 is 90.6 Å². The van der Waals surface area contributed by atoms with Crippen molar-refractivity contribution in [3.63, 3.8) is 0 Å². The largest absolute Gasteiger partial charge is 0.508 e. The molecule has 624 valence electrons. The molecule has 16 atom stereocenters. The Bertz CT molecular complexity index is 4370. The molecule has 0 bridgehead atoms. The normalized spacial score (nSPS) is 25.3. The van der Waals surface area contributed by atoms with E-state index < -0.39 is 160 Å². The molecule has 4 heterocycles. The summed E-state index contributed by atoms with van der Waals surface area (Å²) in [6, 6.07) is 59.2. The predicted octanol–water partition coefficient (Wildman–Crippen LogP) is 15.2. The lowest BCUT2D eigenvalue weighted by Gasteiger charge is -2.50. The van der Waals surface area contributed by atoms with Crippen LogP contribution in [0.5, 0.6) is 0 Å². The Morgan fingerprint density at radius 2 is 1.21 bits per heavy atom. The van der Waals surface area contributed by atoms with Crippen LogP contribution in [-0.2, 0) is 123 Å². The summed E-state index contributed by atoms with van der Waals surface area (Å²) in [7, 11) is -3.04. The summed E-state index contributed by atoms with van der Waals surface area (Å²) in [6.45, 7) is 19.5. The first-order chi connectivity index (χ1) is 56.4. The van der Waals surface area contributed by atoms with Crippen LogP contribution in [0.3, 0.4) is 0 Å². The summed E-state index contributed by atoms with van der Waals surface area (Å²) in [5.41, 5.74) is 18.1. The van der Waals surface area contributed by atoms with Crippen molar-refractivity contribution >= 4 is 32.5 Å². The van der Waals surface area contributed by atoms with Crippen molar-refractivity contribution in [2.45, 2.75) is 228 Å². The molecule has 4 aliphatic heterocycles. The van der Waals surface area contributed by atoms with Gasteiger partial charge in [0, 0.05) is 17.3 Å². The number of carbonyl (C=O) groups is 4. The van der Waals surface area contributed by atoms with Gasteiger partial charge in [0.2, 0.25) is 0 Å². The fraction of sp³-hybridized carbons (Fsp3) is 0.467. The molecule has 5 aliphatic rings. The summed E-state index contributed by atoms with van der Waals surface area (Å²) < 4.78 is 113. The van der Waals surface area contributed by atoms with E-state index in [9.17, 15) is 15.4 Å². The molecule has 0 aromatic heterocycles. The summed E-state index contributed by atoms with van der Waals surface area (Å²) in [4.78, 5) is 63.4. The molecule has 4 fully saturated rings. The molecule has 7 aromatic rings. The van der Waals surface area contributed by atoms with Crippen molar-refractivity contribution in [2.75, 3.05) is 33.0 Å². The van der Waals surface area contributed by atoms with Crippen LogP contribution < -0.4 is 5.32 Å². The Labute approximate surface area is 684 Å². The Morgan fingerprint density at radius 3 is 1.79 bits per heavy atom. The number of nitrogens with zero attached hydrogens (tertiary/aromatic N) is 3. The first-order valence-electron chi connectivity index (χ1n) is 40.0. The highest BCUT2D eigenvalue weighted by atomic mass is 28.4. The van der Waals surface area contributed by atoms with Gasteiger partial charge in [0.1, 0.15) is 80.7 Å². The first kappa shape index (κ1) is 87.1. The van der Waals surface area contributed by atoms with Crippen LogP contribution in [0.15, 0.2) is 218 Å². The zero-order valence-electron chi connectivity index (χ0n) is 67.7. The Kier molecular flexibility index (Phi) is 30.1. The second-order valence-corrected chi connectivity index (χ2v) is 36.2. The van der Waals surface area contributed by atoms with E-state index in [1.807, 2.05) is 196 Å². The molecule has 7 aromatic carbocycles. The van der Waals surface area contributed by atoms with Gasteiger partial charge in [-0.1, -0.05) is 253 Å². The van der Waals surface area contributed by atoms with E-state index in [4.69, 9.17) is 80.2 Å². The number of fused-ring (bicyclic) bond motifs is 4. The average molecular weight is 1630 g/mol. The molecule has 1 aliphatic carbocycles. The third-order valence-electron chi connectivity index (χ3n) is 22.6. The zero-order chi connectivity index (χ0) is 82.7. The van der Waals surface area contributed by atoms with Crippen molar-refractivity contribution in [3.8, 4) is 11.1 Å². The first-order valence-corrected chi connectivity index (χ1v) is 42.9. The van der Waals surface area contributed by atoms with Crippen molar-refractivity contribution in [2.24, 2.45) is 11.0 Å². The van der Waals surface area contributed by atoms with E-state index in [0.717, 1.165) is 38.9 Å². The molecule has 4 saturated heterocycles. The topological polar surface area (TPSA) is 306 Å². The van der Waals surface area contributed by atoms with Crippen molar-refractivity contribution in [1.82, 2.24) is 5.32 Å². The molecule has 0 radical (unpaired) electrons. The standard InChI is InChI=1S/C90H108N4O22Si/c1-11-46-101-87(99)112-82-76(93-94-91)84(116-117(9,10)88(5,6)58(3)4)110-73(78(82)104-52-62-38-24-16-25-39-62)56-105-83-75(92-86(98)107-54-69-67-44-30-28-42-65(67)66-43-29-31-45-68(66)69)81(111-74(95)47-64(12-2)102-50-60-34-20-14-21-35-60)77(96)71(109-83)57-108-90(85(97)106-53-63-40-26-17-27-41-63)48-70-79(114-89(7,8)113-70)80(115-90)72(103-51-61-36-22-15-23-37-61)55-100-49-59-32-18-13-19-33-59/h11,13-45,58,64,69-73,75-84,96H,1,12,46-57H2,2-10H3,(H,92,98)/t64-,70-,71?,72-,73?,75?,76?,77-,78+,79-,80?,81-,82+,83-,84+,90-/m1/s1. The van der Waals surface area contributed by atoms with Crippen LogP contribution in [-0.4, -0.2) is 174 Å². The lowest BCUT2D eigenvalue weighted by molar-refractivity contribution is -0.338. The second-order valence-electron chi connectivity index (χ2n) is 31.7. The van der Waals surface area contributed by atoms with E-state index >= 15 is 14.4 Å². The van der Waals surface area contributed by atoms with Crippen molar-refractivity contribution < 1.29 is 105 Å². The summed E-state index contributed by atoms with van der Waals surface area (Å²) in [5, 5.41) is 20.1. The van der Waals surface area contributed by atoms with Crippen LogP contribution >= 0.6 is 0 Å². The van der Waals surface area contributed by atoms with E-state index in [-0.39, 0.29) is 71.6 Å². The maximum Gasteiger partial charge on any atom is 0.508 e. The molecule has 117 heavy (non-hydrogen) atoms. The SMILES string of the molecule is C=CCOC(=O)O[C@H]1C(N=[N+]=[N-])[C@H](O[Si](C)(C)C(C)(C)C(C)C)OC(CO[C@@H]2OC(CO[C@]3(C(=O)OCc4ccccc4)C[C@H]4OC(C)(C)O[C@H]4C([C@@H](COCc4ccccc4)OCc4ccccc4)O3)[C@@H](O)[C@H](OC(=O)C[C@@H](CC)OCc3ccccc3)C2NC(=O)OCC2c3ccccc3-c3ccccc32)[C@@H]1OCc1ccccc1. The molecule has 1 amide bonds. The van der Waals surface area contributed by atoms with Gasteiger partial charge in [0.05, 0.1) is 64.9 Å². The lowest BCUT2D eigenvalue weighted by atomic mass is 9.92. The van der Waals surface area contributed by atoms with Gasteiger partial charge >= 0.3 is 24.2 Å². The van der Waals surface area contributed by atoms with E-state index in [1.165, 1.54) is 6.08 Å². The van der Waals surface area contributed by atoms with Gasteiger partial charge in [-0.3, -0.25) is 4.79 Å². The number of esters is 2. The molecule has 5 unspecified atom stereocenters. The highest BCUT2D eigenvalue weighted by Crippen LogP contribution is 2.49. The third-order valence-corrected chi connectivity index (χ3v) is 27.1. The Morgan fingerprint density at radius 1 is 0.650 bits per heavy atom. The molecule has 26 nitrogen and oxygen atoms in total. The van der Waals surface area contributed by atoms with Gasteiger partial charge in [-0.15, -0.1) is 0 Å². The van der Waals surface area contributed by atoms with Crippen LogP contribution in [0.1, 0.15) is 113 Å². The van der Waals surface area contributed by atoms with E-state index in [1.54, 1.807) is 38.1 Å². The third kappa shape index (κ3) is 22.2. The zero-order valence-corrected chi connectivity index (χ0v) is 68.7. The van der Waals surface area contributed by atoms with Gasteiger partial charge in [0.15, 0.2) is 32.8 Å². The minimum atomic E-state index is -3.04. The van der Waals surface area contributed by atoms with Crippen molar-refractivity contribution in [1.29, 1.82) is 0 Å². The minimum Gasteiger partial charge on any atom is -0.457 e. The number of carbonyl (C=O) groups excluding carboxylic acids is 4. The fourth-order valence-electron chi connectivity index (χ4n) is 15.2. The summed E-state index contributed by atoms with van der Waals surface area (Å²) in [5.74, 6) is -5.96. The molecular weight excluding hydrogens is 1520 g/mol. The lowest BCUT2D eigenvalue weighted by Crippen LogP contribution is -2.68. The van der Waals surface area contributed by atoms with Crippen LogP contribution in [0.4, 0.5) is 9.59 Å². The number of nitrogens with one attached hydrogen (secondary N) is 1. The minimum absolute atomic E-state index is 0.0618. The number of hydrogen-bond donors (Lipinski definition) is 2. The maximum absolute atomic E-state index is 15.8. The second kappa shape index (κ2) is 40.5. The number of azide groups is 1. The molecule has 0 saturated carbocycles. The smallest absolute Gasteiger partial charge is 0.457 e. The van der Waals surface area contributed by atoms with Crippen molar-refractivity contribution in [3.05, 3.63) is 262 Å². The average Bonchev–Trinajstić information content (AvgIpc) is 1.59. The van der Waals surface area contributed by atoms with Gasteiger partial charge in [0.25, 0.3) is 5.79 Å².